The second kappa shape index (κ2) is 10.3. The summed E-state index contributed by atoms with van der Waals surface area (Å²) in [7, 11) is 1.53. The van der Waals surface area contributed by atoms with Crippen molar-refractivity contribution >= 4 is 5.97 Å². The minimum atomic E-state index is -1.45. The van der Waals surface area contributed by atoms with Crippen molar-refractivity contribution < 1.29 is 44.6 Å². The molecule has 2 heterocycles. The predicted molar refractivity (Wildman–Crippen MR) is 142 cm³/mol. The Labute approximate surface area is 236 Å². The Bertz CT molecular complexity index is 1020. The molecule has 0 bridgehead atoms. The van der Waals surface area contributed by atoms with E-state index in [4.69, 9.17) is 14.3 Å². The molecule has 6 aliphatic rings. The van der Waals surface area contributed by atoms with Gasteiger partial charge in [-0.3, -0.25) is 4.84 Å². The van der Waals surface area contributed by atoms with Gasteiger partial charge in [0, 0.05) is 17.5 Å². The van der Waals surface area contributed by atoms with Crippen molar-refractivity contribution in [2.75, 3.05) is 20.3 Å². The normalized spacial score (nSPS) is 52.5. The fourth-order valence-electron chi connectivity index (χ4n) is 10.4. The van der Waals surface area contributed by atoms with Gasteiger partial charge in [0.1, 0.15) is 31.0 Å². The van der Waals surface area contributed by atoms with Crippen LogP contribution >= 0.6 is 0 Å². The highest BCUT2D eigenvalue weighted by molar-refractivity contribution is 5.85. The van der Waals surface area contributed by atoms with Crippen LogP contribution in [-0.2, 0) is 19.1 Å². The van der Waals surface area contributed by atoms with Crippen LogP contribution in [0.4, 0.5) is 0 Å². The van der Waals surface area contributed by atoms with E-state index in [1.165, 1.54) is 7.11 Å². The number of fused-ring (bicyclic) bond motifs is 5. The van der Waals surface area contributed by atoms with E-state index >= 15 is 0 Å². The summed E-state index contributed by atoms with van der Waals surface area (Å²) in [6.45, 7) is 4.53. The number of hydrogen-bond donors (Lipinski definition) is 5. The van der Waals surface area contributed by atoms with Crippen molar-refractivity contribution in [3.05, 3.63) is 11.6 Å². The van der Waals surface area contributed by atoms with E-state index in [1.54, 1.807) is 11.1 Å². The van der Waals surface area contributed by atoms with Crippen molar-refractivity contribution in [3.63, 3.8) is 0 Å². The number of rotatable bonds is 5. The fourth-order valence-corrected chi connectivity index (χ4v) is 10.4. The van der Waals surface area contributed by atoms with Gasteiger partial charge < -0.3 is 35.0 Å². The third-order valence-corrected chi connectivity index (χ3v) is 12.6. The first kappa shape index (κ1) is 29.0. The van der Waals surface area contributed by atoms with Crippen LogP contribution in [0.2, 0.25) is 0 Å². The Morgan fingerprint density at radius 3 is 2.45 bits per heavy atom. The van der Waals surface area contributed by atoms with Gasteiger partial charge in [0.25, 0.3) is 0 Å². The maximum Gasteiger partial charge on any atom is 0.331 e. The molecular weight excluding hydrogens is 518 g/mol. The molecule has 2 aliphatic heterocycles. The second-order valence-electron chi connectivity index (χ2n) is 14.0. The summed E-state index contributed by atoms with van der Waals surface area (Å²) in [4.78, 5) is 17.6. The zero-order valence-electron chi connectivity index (χ0n) is 23.9. The minimum Gasteiger partial charge on any atom is -0.458 e. The topological polar surface area (TPSA) is 149 Å². The molecule has 4 saturated carbocycles. The van der Waals surface area contributed by atoms with Crippen molar-refractivity contribution in [1.29, 1.82) is 0 Å². The summed E-state index contributed by atoms with van der Waals surface area (Å²) >= 11 is 0. The average Bonchev–Trinajstić information content (AvgIpc) is 3.48. The molecule has 0 spiro atoms. The van der Waals surface area contributed by atoms with Crippen LogP contribution in [0.25, 0.3) is 0 Å². The van der Waals surface area contributed by atoms with Gasteiger partial charge in [-0.1, -0.05) is 13.8 Å². The third kappa shape index (κ3) is 4.08. The molecule has 10 heteroatoms. The minimum absolute atomic E-state index is 0.0549. The first-order chi connectivity index (χ1) is 19.0. The Kier molecular flexibility index (Phi) is 7.43. The van der Waals surface area contributed by atoms with Gasteiger partial charge in [-0.15, -0.1) is 0 Å². The molecular formula is C30H47NO9. The van der Waals surface area contributed by atoms with Crippen LogP contribution in [0.1, 0.15) is 71.6 Å². The summed E-state index contributed by atoms with van der Waals surface area (Å²) < 4.78 is 11.1. The maximum absolute atomic E-state index is 12.4. The molecule has 4 aliphatic carbocycles. The summed E-state index contributed by atoms with van der Waals surface area (Å²) in [5.41, 5.74) is 0.0988. The van der Waals surface area contributed by atoms with E-state index in [2.05, 4.69) is 13.8 Å². The van der Waals surface area contributed by atoms with Crippen molar-refractivity contribution in [1.82, 2.24) is 5.06 Å². The quantitative estimate of drug-likeness (QED) is 0.244. The molecule has 1 saturated heterocycles. The monoisotopic (exact) mass is 565 g/mol. The molecule has 5 fully saturated rings. The summed E-state index contributed by atoms with van der Waals surface area (Å²) in [6, 6.07) is -0.0549. The smallest absolute Gasteiger partial charge is 0.331 e. The molecule has 13 atom stereocenters. The van der Waals surface area contributed by atoms with E-state index in [1.807, 2.05) is 0 Å². The number of nitrogens with zero attached hydrogens (tertiary/aromatic N) is 1. The highest BCUT2D eigenvalue weighted by Crippen LogP contribution is 2.70. The lowest BCUT2D eigenvalue weighted by atomic mass is 9.43. The largest absolute Gasteiger partial charge is 0.458 e. The molecule has 0 radical (unpaired) electrons. The van der Waals surface area contributed by atoms with Crippen LogP contribution in [0, 0.1) is 34.5 Å². The standard InChI is InChI=1S/C30H47NO9/c1-28-9-6-18(31(38-3)27-26(36)25(35)24(34)22(14-32)40-27)13-17(28)4-5-21-20(28)7-10-29(2)19(8-11-30(21,29)37)16-12-23(33)39-15-16/h12,17-22,24-27,32,34-37H,4-11,13-15H2,1-3H3/t17?,18-,19-,20?,21?,22+,24+,25+,26+,27?,28+,29-,30+/m1/s1. The van der Waals surface area contributed by atoms with Gasteiger partial charge in [-0.05, 0) is 92.4 Å². The van der Waals surface area contributed by atoms with Crippen LogP contribution in [0.15, 0.2) is 11.6 Å². The molecule has 40 heavy (non-hydrogen) atoms. The molecule has 4 unspecified atom stereocenters. The highest BCUT2D eigenvalue weighted by atomic mass is 16.7. The average molecular weight is 566 g/mol. The number of aliphatic hydroxyl groups excluding tert-OH is 4. The van der Waals surface area contributed by atoms with E-state index in [-0.39, 0.29) is 34.7 Å². The van der Waals surface area contributed by atoms with Gasteiger partial charge in [0.2, 0.25) is 0 Å². The number of cyclic esters (lactones) is 1. The number of aliphatic hydroxyl groups is 5. The first-order valence-electron chi connectivity index (χ1n) is 15.2. The van der Waals surface area contributed by atoms with Gasteiger partial charge in [-0.25, -0.2) is 4.79 Å². The second-order valence-corrected chi connectivity index (χ2v) is 14.0. The Morgan fingerprint density at radius 2 is 1.77 bits per heavy atom. The molecule has 5 N–H and O–H groups in total. The molecule has 6 rings (SSSR count). The van der Waals surface area contributed by atoms with Gasteiger partial charge in [0.15, 0.2) is 6.23 Å². The van der Waals surface area contributed by atoms with E-state index in [0.717, 1.165) is 63.4 Å². The fraction of sp³-hybridized carbons (Fsp3) is 0.900. The molecule has 0 aromatic rings. The predicted octanol–water partition coefficient (Wildman–Crippen LogP) is 1.28. The number of carbonyl (C=O) groups excluding carboxylic acids is 1. The maximum atomic E-state index is 12.4. The molecule has 0 amide bonds. The highest BCUT2D eigenvalue weighted by Gasteiger charge is 2.68. The summed E-state index contributed by atoms with van der Waals surface area (Å²) in [5.74, 6) is 0.949. The van der Waals surface area contributed by atoms with Crippen LogP contribution < -0.4 is 0 Å². The van der Waals surface area contributed by atoms with Gasteiger partial charge in [0.05, 0.1) is 19.3 Å². The lowest BCUT2D eigenvalue weighted by Gasteiger charge is -2.64. The van der Waals surface area contributed by atoms with Crippen molar-refractivity contribution in [3.8, 4) is 0 Å². The first-order valence-corrected chi connectivity index (χ1v) is 15.2. The lowest BCUT2D eigenvalue weighted by Crippen LogP contribution is -2.66. The lowest BCUT2D eigenvalue weighted by molar-refractivity contribution is -0.344. The van der Waals surface area contributed by atoms with Crippen molar-refractivity contribution in [2.45, 2.75) is 114 Å². The summed E-state index contributed by atoms with van der Waals surface area (Å²) in [6.07, 6.45) is 3.63. The zero-order chi connectivity index (χ0) is 28.6. The SMILES string of the molecule is CON(C1O[C@@H](CO)[C@H](O)[C@H](O)[C@@H]1O)[C@@H]1CC[C@@]2(C)C(CCC3C2CC[C@]2(C)[C@@H](C4=CC(=O)OC4)CC[C@]32O)C1. The van der Waals surface area contributed by atoms with Crippen LogP contribution in [0.3, 0.4) is 0 Å². The number of ether oxygens (including phenoxy) is 2. The van der Waals surface area contributed by atoms with Crippen LogP contribution in [-0.4, -0.2) is 99.2 Å². The van der Waals surface area contributed by atoms with Gasteiger partial charge in [-0.2, -0.15) is 5.06 Å². The molecule has 0 aromatic carbocycles. The molecule has 0 aromatic heterocycles. The molecule has 10 nitrogen and oxygen atoms in total. The number of hydroxylamine groups is 2. The van der Waals surface area contributed by atoms with E-state index < -0.39 is 42.9 Å². The van der Waals surface area contributed by atoms with Crippen molar-refractivity contribution in [2.24, 2.45) is 34.5 Å². The molecule has 226 valence electrons. The van der Waals surface area contributed by atoms with E-state index in [9.17, 15) is 30.3 Å². The third-order valence-electron chi connectivity index (χ3n) is 12.6. The van der Waals surface area contributed by atoms with Gasteiger partial charge >= 0.3 is 5.97 Å². The number of carbonyl (C=O) groups is 1. The zero-order valence-corrected chi connectivity index (χ0v) is 23.9. The Morgan fingerprint density at radius 1 is 1.00 bits per heavy atom. The van der Waals surface area contributed by atoms with E-state index in [0.29, 0.717) is 18.4 Å². The number of esters is 1. The van der Waals surface area contributed by atoms with Crippen LogP contribution in [0.5, 0.6) is 0 Å². The summed E-state index contributed by atoms with van der Waals surface area (Å²) in [5, 5.41) is 55.1. The Hall–Kier alpha value is -1.11. The number of hydrogen-bond acceptors (Lipinski definition) is 10. The Balaban J connectivity index is 1.19.